The third-order valence-corrected chi connectivity index (χ3v) is 4.61. The average Bonchev–Trinajstić information content (AvgIpc) is 2.63. The Morgan fingerprint density at radius 1 is 1.00 bits per heavy atom. The minimum atomic E-state index is -0.514. The lowest BCUT2D eigenvalue weighted by Gasteiger charge is -2.36. The summed E-state index contributed by atoms with van der Waals surface area (Å²) in [5, 5.41) is 11.0. The van der Waals surface area contributed by atoms with Crippen LogP contribution in [0, 0.1) is 0 Å². The van der Waals surface area contributed by atoms with Crippen LogP contribution in [0.3, 0.4) is 0 Å². The van der Waals surface area contributed by atoms with Crippen LogP contribution in [0.1, 0.15) is 0 Å². The Labute approximate surface area is 153 Å². The van der Waals surface area contributed by atoms with Gasteiger partial charge in [-0.2, -0.15) is 0 Å². The van der Waals surface area contributed by atoms with Crippen molar-refractivity contribution in [2.75, 3.05) is 50.0 Å². The number of aliphatic hydroxyl groups is 1. The van der Waals surface area contributed by atoms with E-state index in [4.69, 9.17) is 22.1 Å². The van der Waals surface area contributed by atoms with Crippen LogP contribution >= 0.6 is 11.6 Å². The molecule has 1 atom stereocenters. The molecule has 25 heavy (non-hydrogen) atoms. The van der Waals surface area contributed by atoms with Crippen molar-refractivity contribution < 1.29 is 9.84 Å². The van der Waals surface area contributed by atoms with Gasteiger partial charge in [0.2, 0.25) is 0 Å². The molecule has 6 heteroatoms. The molecule has 134 valence electrons. The normalized spacial score (nSPS) is 16.6. The average molecular weight is 362 g/mol. The van der Waals surface area contributed by atoms with E-state index in [1.807, 2.05) is 36.4 Å². The molecule has 2 aromatic carbocycles. The predicted molar refractivity (Wildman–Crippen MR) is 102 cm³/mol. The van der Waals surface area contributed by atoms with Gasteiger partial charge < -0.3 is 20.5 Å². The Hall–Kier alpha value is -1.95. The third kappa shape index (κ3) is 5.26. The maximum atomic E-state index is 10.2. The van der Waals surface area contributed by atoms with Crippen LogP contribution in [0.15, 0.2) is 48.5 Å². The van der Waals surface area contributed by atoms with Gasteiger partial charge in [0.15, 0.2) is 0 Å². The van der Waals surface area contributed by atoms with Crippen molar-refractivity contribution in [3.05, 3.63) is 53.6 Å². The van der Waals surface area contributed by atoms with Gasteiger partial charge in [-0.1, -0.05) is 11.6 Å². The quantitative estimate of drug-likeness (QED) is 0.774. The summed E-state index contributed by atoms with van der Waals surface area (Å²) in [6.45, 7) is 4.61. The zero-order valence-electron chi connectivity index (χ0n) is 14.1. The van der Waals surface area contributed by atoms with Crippen molar-refractivity contribution in [3.63, 3.8) is 0 Å². The summed E-state index contributed by atoms with van der Waals surface area (Å²) < 4.78 is 5.61. The number of nitrogens with two attached hydrogens (primary N) is 1. The molecule has 1 aliphatic rings. The Bertz CT molecular complexity index is 655. The maximum absolute atomic E-state index is 10.2. The summed E-state index contributed by atoms with van der Waals surface area (Å²) in [5.41, 5.74) is 7.54. The van der Waals surface area contributed by atoms with Gasteiger partial charge in [0, 0.05) is 49.1 Å². The first-order valence-corrected chi connectivity index (χ1v) is 8.87. The van der Waals surface area contributed by atoms with Crippen LogP contribution in [0.4, 0.5) is 11.4 Å². The molecule has 0 radical (unpaired) electrons. The second kappa shape index (κ2) is 8.43. The first-order valence-electron chi connectivity index (χ1n) is 8.49. The molecule has 1 heterocycles. The summed E-state index contributed by atoms with van der Waals surface area (Å²) in [7, 11) is 0. The van der Waals surface area contributed by atoms with E-state index >= 15 is 0 Å². The number of nitrogen functional groups attached to an aromatic ring is 1. The molecule has 1 saturated heterocycles. The van der Waals surface area contributed by atoms with Gasteiger partial charge in [-0.25, -0.2) is 0 Å². The number of piperazine rings is 1. The number of nitrogens with zero attached hydrogens (tertiary/aromatic N) is 2. The van der Waals surface area contributed by atoms with Crippen molar-refractivity contribution in [2.45, 2.75) is 6.10 Å². The zero-order valence-corrected chi connectivity index (χ0v) is 14.9. The topological polar surface area (TPSA) is 62.0 Å². The van der Waals surface area contributed by atoms with E-state index in [0.29, 0.717) is 12.2 Å². The van der Waals surface area contributed by atoms with Crippen molar-refractivity contribution in [1.82, 2.24) is 4.90 Å². The summed E-state index contributed by atoms with van der Waals surface area (Å²) in [6.07, 6.45) is -0.514. The number of benzene rings is 2. The highest BCUT2D eigenvalue weighted by molar-refractivity contribution is 6.30. The lowest BCUT2D eigenvalue weighted by molar-refractivity contribution is 0.0663. The van der Waals surface area contributed by atoms with Gasteiger partial charge in [0.25, 0.3) is 0 Å². The van der Waals surface area contributed by atoms with Crippen LogP contribution in [-0.4, -0.2) is 55.4 Å². The van der Waals surface area contributed by atoms with Crippen LogP contribution in [0.25, 0.3) is 0 Å². The van der Waals surface area contributed by atoms with Gasteiger partial charge in [-0.15, -0.1) is 0 Å². The van der Waals surface area contributed by atoms with Crippen molar-refractivity contribution in [1.29, 1.82) is 0 Å². The molecule has 0 bridgehead atoms. The minimum Gasteiger partial charge on any atom is -0.491 e. The van der Waals surface area contributed by atoms with Crippen molar-refractivity contribution in [2.24, 2.45) is 0 Å². The SMILES string of the molecule is Nc1ccc(OCC(O)CN2CCN(c3ccc(Cl)cc3)CC2)cc1. The van der Waals surface area contributed by atoms with Crippen LogP contribution in [-0.2, 0) is 0 Å². The molecule has 0 aliphatic carbocycles. The fourth-order valence-electron chi connectivity index (χ4n) is 2.95. The number of rotatable bonds is 6. The number of aliphatic hydroxyl groups excluding tert-OH is 1. The van der Waals surface area contributed by atoms with Gasteiger partial charge in [0.05, 0.1) is 0 Å². The monoisotopic (exact) mass is 361 g/mol. The molecule has 2 aromatic rings. The molecular weight excluding hydrogens is 338 g/mol. The smallest absolute Gasteiger partial charge is 0.119 e. The minimum absolute atomic E-state index is 0.279. The largest absolute Gasteiger partial charge is 0.491 e. The standard InChI is InChI=1S/C19H24ClN3O2/c20-15-1-5-17(6-2-15)23-11-9-22(10-12-23)13-18(24)14-25-19-7-3-16(21)4-8-19/h1-8,18,24H,9-14,21H2. The zero-order chi connectivity index (χ0) is 17.6. The van der Waals surface area contributed by atoms with Gasteiger partial charge in [-0.05, 0) is 48.5 Å². The lowest BCUT2D eigenvalue weighted by atomic mass is 10.2. The van der Waals surface area contributed by atoms with Crippen molar-refractivity contribution in [3.8, 4) is 5.75 Å². The van der Waals surface area contributed by atoms with E-state index in [0.717, 1.165) is 37.0 Å². The van der Waals surface area contributed by atoms with Gasteiger partial charge in [-0.3, -0.25) is 4.90 Å². The fraction of sp³-hybridized carbons (Fsp3) is 0.368. The molecule has 0 aromatic heterocycles. The molecule has 1 aliphatic heterocycles. The van der Waals surface area contributed by atoms with Crippen LogP contribution in [0.5, 0.6) is 5.75 Å². The first kappa shape index (κ1) is 17.9. The first-order chi connectivity index (χ1) is 12.1. The molecule has 3 rings (SSSR count). The van der Waals surface area contributed by atoms with Crippen LogP contribution < -0.4 is 15.4 Å². The second-order valence-corrected chi connectivity index (χ2v) is 6.73. The Balaban J connectivity index is 1.40. The fourth-order valence-corrected chi connectivity index (χ4v) is 3.07. The molecule has 0 saturated carbocycles. The Morgan fingerprint density at radius 3 is 2.28 bits per heavy atom. The number of ether oxygens (including phenoxy) is 1. The number of anilines is 2. The number of hydrogen-bond acceptors (Lipinski definition) is 5. The highest BCUT2D eigenvalue weighted by Crippen LogP contribution is 2.19. The summed E-state index contributed by atoms with van der Waals surface area (Å²) in [4.78, 5) is 4.60. The summed E-state index contributed by atoms with van der Waals surface area (Å²) >= 11 is 5.94. The number of β-amino-alcohol motifs (C(OH)–C–C–N with tert-alkyl or cyclic N) is 1. The van der Waals surface area contributed by atoms with Crippen LogP contribution in [0.2, 0.25) is 5.02 Å². The highest BCUT2D eigenvalue weighted by Gasteiger charge is 2.19. The summed E-state index contributed by atoms with van der Waals surface area (Å²) in [6, 6.07) is 15.1. The van der Waals surface area contributed by atoms with E-state index in [1.165, 1.54) is 5.69 Å². The maximum Gasteiger partial charge on any atom is 0.119 e. The Kier molecular flexibility index (Phi) is 6.02. The number of halogens is 1. The molecule has 0 spiro atoms. The summed E-state index contributed by atoms with van der Waals surface area (Å²) in [5.74, 6) is 0.723. The lowest BCUT2D eigenvalue weighted by Crippen LogP contribution is -2.49. The molecule has 3 N–H and O–H groups in total. The third-order valence-electron chi connectivity index (χ3n) is 4.36. The van der Waals surface area contributed by atoms with Gasteiger partial charge in [0.1, 0.15) is 18.5 Å². The molecule has 1 fully saturated rings. The van der Waals surface area contributed by atoms with Crippen molar-refractivity contribution >= 4 is 23.0 Å². The number of hydrogen-bond donors (Lipinski definition) is 2. The Morgan fingerprint density at radius 2 is 1.64 bits per heavy atom. The molecular formula is C19H24ClN3O2. The molecule has 5 nitrogen and oxygen atoms in total. The highest BCUT2D eigenvalue weighted by atomic mass is 35.5. The van der Waals surface area contributed by atoms with E-state index in [1.54, 1.807) is 12.1 Å². The molecule has 0 amide bonds. The van der Waals surface area contributed by atoms with E-state index in [2.05, 4.69) is 9.80 Å². The van der Waals surface area contributed by atoms with E-state index in [-0.39, 0.29) is 6.61 Å². The van der Waals surface area contributed by atoms with Gasteiger partial charge >= 0.3 is 0 Å². The van der Waals surface area contributed by atoms with E-state index in [9.17, 15) is 5.11 Å². The second-order valence-electron chi connectivity index (χ2n) is 6.30. The van der Waals surface area contributed by atoms with E-state index < -0.39 is 6.10 Å². The molecule has 1 unspecified atom stereocenters. The predicted octanol–water partition coefficient (Wildman–Crippen LogP) is 2.48.